The zero-order chi connectivity index (χ0) is 30.4. The van der Waals surface area contributed by atoms with Gasteiger partial charge in [0.2, 0.25) is 5.95 Å². The van der Waals surface area contributed by atoms with Crippen molar-refractivity contribution in [2.24, 2.45) is 5.73 Å². The summed E-state index contributed by atoms with van der Waals surface area (Å²) in [5.74, 6) is 1.15. The first-order valence-corrected chi connectivity index (χ1v) is 14.3. The molecule has 4 rings (SSSR count). The molecule has 2 amide bonds. The molecule has 1 aliphatic carbocycles. The van der Waals surface area contributed by atoms with E-state index in [2.05, 4.69) is 25.3 Å². The Kier molecular flexibility index (Phi) is 9.71. The van der Waals surface area contributed by atoms with Crippen molar-refractivity contribution in [3.63, 3.8) is 0 Å². The third-order valence-corrected chi connectivity index (χ3v) is 6.91. The first-order chi connectivity index (χ1) is 20.0. The minimum Gasteiger partial charge on any atom is -0.496 e. The first-order valence-electron chi connectivity index (χ1n) is 14.3. The van der Waals surface area contributed by atoms with Crippen molar-refractivity contribution in [2.45, 2.75) is 90.7 Å². The van der Waals surface area contributed by atoms with Gasteiger partial charge in [-0.15, -0.1) is 0 Å². The zero-order valence-corrected chi connectivity index (χ0v) is 25.3. The number of amides is 2. The number of ether oxygens (including phenoxy) is 3. The number of rotatable bonds is 11. The van der Waals surface area contributed by atoms with Gasteiger partial charge in [-0.1, -0.05) is 25.5 Å². The minimum absolute atomic E-state index is 0.0723. The normalized spacial score (nSPS) is 14.2. The summed E-state index contributed by atoms with van der Waals surface area (Å²) in [7, 11) is 2.89. The standard InChI is InChI=1S/C29H42N8O5/c1-7-9-23(30)32-25-24-21(31-26(33-25)34-27(38)41-6)17-36(35-24)16-19-13-12-18(14-22(19)40-5)15-37(20-10-8-11-20)28(39)42-29(2,3)4/h12-14,17,20,23H,7-11,15-16,30H2,1-6H3,(H2,31,32,33,34,38). The van der Waals surface area contributed by atoms with Crippen LogP contribution in [0.5, 0.6) is 5.75 Å². The second-order valence-corrected chi connectivity index (χ2v) is 11.5. The fourth-order valence-corrected chi connectivity index (χ4v) is 4.65. The van der Waals surface area contributed by atoms with Crippen LogP contribution in [-0.4, -0.2) is 68.9 Å². The zero-order valence-electron chi connectivity index (χ0n) is 25.3. The average molecular weight is 583 g/mol. The lowest BCUT2D eigenvalue weighted by molar-refractivity contribution is 0.00459. The van der Waals surface area contributed by atoms with Crippen molar-refractivity contribution in [1.29, 1.82) is 0 Å². The van der Waals surface area contributed by atoms with Crippen molar-refractivity contribution in [2.75, 3.05) is 24.9 Å². The number of benzene rings is 1. The van der Waals surface area contributed by atoms with Gasteiger partial charge in [0, 0.05) is 18.2 Å². The number of carbonyl (C=O) groups excluding carboxylic acids is 2. The molecule has 1 unspecified atom stereocenters. The number of hydrogen-bond acceptors (Lipinski definition) is 10. The second kappa shape index (κ2) is 13.2. The van der Waals surface area contributed by atoms with Crippen LogP contribution in [0.1, 0.15) is 70.9 Å². The molecule has 2 aromatic heterocycles. The first kappa shape index (κ1) is 30.8. The molecule has 13 nitrogen and oxygen atoms in total. The van der Waals surface area contributed by atoms with E-state index in [9.17, 15) is 9.59 Å². The average Bonchev–Trinajstić information content (AvgIpc) is 3.29. The third kappa shape index (κ3) is 7.78. The number of nitrogens with two attached hydrogens (primary N) is 1. The van der Waals surface area contributed by atoms with E-state index < -0.39 is 11.7 Å². The largest absolute Gasteiger partial charge is 0.496 e. The van der Waals surface area contributed by atoms with Crippen molar-refractivity contribution < 1.29 is 23.8 Å². The lowest BCUT2D eigenvalue weighted by atomic mass is 9.91. The van der Waals surface area contributed by atoms with Crippen LogP contribution in [0.15, 0.2) is 24.4 Å². The molecular weight excluding hydrogens is 540 g/mol. The molecule has 0 saturated heterocycles. The molecule has 0 radical (unpaired) electrons. The molecule has 2 heterocycles. The molecule has 228 valence electrons. The van der Waals surface area contributed by atoms with Gasteiger partial charge in [-0.3, -0.25) is 10.00 Å². The molecule has 13 heteroatoms. The summed E-state index contributed by atoms with van der Waals surface area (Å²) in [6.45, 7) is 8.49. The predicted octanol–water partition coefficient (Wildman–Crippen LogP) is 4.85. The van der Waals surface area contributed by atoms with E-state index >= 15 is 0 Å². The van der Waals surface area contributed by atoms with Crippen LogP contribution in [0.25, 0.3) is 11.0 Å². The summed E-state index contributed by atoms with van der Waals surface area (Å²) in [4.78, 5) is 35.4. The van der Waals surface area contributed by atoms with Gasteiger partial charge < -0.3 is 30.2 Å². The monoisotopic (exact) mass is 582 g/mol. The van der Waals surface area contributed by atoms with E-state index in [-0.39, 0.29) is 24.2 Å². The molecule has 1 saturated carbocycles. The lowest BCUT2D eigenvalue weighted by Crippen LogP contribution is -2.46. The quantitative estimate of drug-likeness (QED) is 0.267. The maximum Gasteiger partial charge on any atom is 0.413 e. The van der Waals surface area contributed by atoms with Gasteiger partial charge in [-0.25, -0.2) is 14.6 Å². The number of fused-ring (bicyclic) bond motifs is 1. The van der Waals surface area contributed by atoms with E-state index in [0.717, 1.165) is 43.2 Å². The number of anilines is 2. The molecule has 1 aromatic carbocycles. The van der Waals surface area contributed by atoms with E-state index in [1.807, 2.05) is 50.8 Å². The van der Waals surface area contributed by atoms with E-state index in [1.165, 1.54) is 7.11 Å². The molecule has 0 aliphatic heterocycles. The van der Waals surface area contributed by atoms with Crippen LogP contribution >= 0.6 is 0 Å². The summed E-state index contributed by atoms with van der Waals surface area (Å²) < 4.78 is 17.9. The van der Waals surface area contributed by atoms with Crippen LogP contribution < -0.4 is 21.1 Å². The van der Waals surface area contributed by atoms with Gasteiger partial charge in [-0.05, 0) is 58.1 Å². The fraction of sp³-hybridized carbons (Fsp3) is 0.552. The Labute approximate surface area is 246 Å². The maximum absolute atomic E-state index is 13.0. The number of carbonyl (C=O) groups is 2. The van der Waals surface area contributed by atoms with Gasteiger partial charge in [0.05, 0.1) is 33.1 Å². The van der Waals surface area contributed by atoms with E-state index in [4.69, 9.17) is 20.3 Å². The number of methoxy groups -OCH3 is 2. The van der Waals surface area contributed by atoms with Crippen LogP contribution in [0.4, 0.5) is 21.4 Å². The topological polar surface area (TPSA) is 159 Å². The molecule has 1 atom stereocenters. The third-order valence-electron chi connectivity index (χ3n) is 6.91. The van der Waals surface area contributed by atoms with E-state index in [0.29, 0.717) is 35.7 Å². The van der Waals surface area contributed by atoms with Gasteiger partial charge in [-0.2, -0.15) is 10.1 Å². The van der Waals surface area contributed by atoms with Crippen molar-refractivity contribution in [3.8, 4) is 5.75 Å². The fourth-order valence-electron chi connectivity index (χ4n) is 4.65. The summed E-state index contributed by atoms with van der Waals surface area (Å²) in [5.41, 5.74) is 8.52. The van der Waals surface area contributed by atoms with Crippen LogP contribution in [0.2, 0.25) is 0 Å². The summed E-state index contributed by atoms with van der Waals surface area (Å²) in [6, 6.07) is 6.09. The SMILES string of the molecule is CCCC(N)Nc1nc(NC(=O)OC)nc2cn(Cc3ccc(CN(C(=O)OC(C)(C)C)C4CCC4)cc3OC)nc12. The minimum atomic E-state index is -0.682. The highest BCUT2D eigenvalue weighted by molar-refractivity contribution is 5.89. The van der Waals surface area contributed by atoms with Gasteiger partial charge in [0.1, 0.15) is 16.9 Å². The Bertz CT molecular complexity index is 1400. The molecule has 3 aromatic rings. The van der Waals surface area contributed by atoms with Crippen molar-refractivity contribution in [1.82, 2.24) is 24.6 Å². The smallest absolute Gasteiger partial charge is 0.413 e. The Morgan fingerprint density at radius 1 is 1.21 bits per heavy atom. The van der Waals surface area contributed by atoms with Gasteiger partial charge in [0.25, 0.3) is 0 Å². The molecule has 0 bridgehead atoms. The second-order valence-electron chi connectivity index (χ2n) is 11.5. The highest BCUT2D eigenvalue weighted by Gasteiger charge is 2.32. The number of nitrogens with one attached hydrogen (secondary N) is 2. The highest BCUT2D eigenvalue weighted by Crippen LogP contribution is 2.30. The number of hydrogen-bond donors (Lipinski definition) is 3. The summed E-state index contributed by atoms with van der Waals surface area (Å²) in [6.07, 6.45) is 5.10. The van der Waals surface area contributed by atoms with Gasteiger partial charge >= 0.3 is 12.2 Å². The Balaban J connectivity index is 1.58. The molecular formula is C29H42N8O5. The molecule has 0 spiro atoms. The van der Waals surface area contributed by atoms with Crippen LogP contribution in [0.3, 0.4) is 0 Å². The molecule has 1 aliphatic rings. The van der Waals surface area contributed by atoms with Crippen LogP contribution in [-0.2, 0) is 22.6 Å². The Morgan fingerprint density at radius 3 is 2.60 bits per heavy atom. The van der Waals surface area contributed by atoms with Crippen molar-refractivity contribution >= 4 is 35.0 Å². The number of nitrogens with zero attached hydrogens (tertiary/aromatic N) is 5. The predicted molar refractivity (Wildman–Crippen MR) is 159 cm³/mol. The Morgan fingerprint density at radius 2 is 1.98 bits per heavy atom. The van der Waals surface area contributed by atoms with Crippen molar-refractivity contribution in [3.05, 3.63) is 35.5 Å². The summed E-state index contributed by atoms with van der Waals surface area (Å²) in [5, 5.41) is 10.4. The lowest BCUT2D eigenvalue weighted by Gasteiger charge is -2.38. The molecule has 4 N–H and O–H groups in total. The summed E-state index contributed by atoms with van der Waals surface area (Å²) >= 11 is 0. The maximum atomic E-state index is 13.0. The number of aromatic nitrogens is 4. The molecule has 42 heavy (non-hydrogen) atoms. The van der Waals surface area contributed by atoms with Crippen LogP contribution in [0, 0.1) is 0 Å². The molecule has 1 fully saturated rings. The van der Waals surface area contributed by atoms with Gasteiger partial charge in [0.15, 0.2) is 11.3 Å². The Hall–Kier alpha value is -4.13. The highest BCUT2D eigenvalue weighted by atomic mass is 16.6. The van der Waals surface area contributed by atoms with E-state index in [1.54, 1.807) is 18.0 Å².